The summed E-state index contributed by atoms with van der Waals surface area (Å²) in [5, 5.41) is 4.66. The predicted molar refractivity (Wildman–Crippen MR) is 146 cm³/mol. The van der Waals surface area contributed by atoms with Crippen molar-refractivity contribution in [3.05, 3.63) is 83.0 Å². The number of anilines is 1. The lowest BCUT2D eigenvalue weighted by atomic mass is 10.1. The van der Waals surface area contributed by atoms with Gasteiger partial charge >= 0.3 is 0 Å². The number of benzene rings is 2. The number of carbonyl (C=O) groups excluding carboxylic acids is 1. The van der Waals surface area contributed by atoms with Crippen LogP contribution in [0.25, 0.3) is 21.8 Å². The molecule has 0 saturated carbocycles. The van der Waals surface area contributed by atoms with Crippen LogP contribution in [0, 0.1) is 0 Å². The second-order valence-corrected chi connectivity index (χ2v) is 10.2. The number of carbonyl (C=O) groups is 1. The molecule has 184 valence electrons. The van der Waals surface area contributed by atoms with Gasteiger partial charge in [0.15, 0.2) is 0 Å². The molecule has 1 unspecified atom stereocenters. The van der Waals surface area contributed by atoms with E-state index in [2.05, 4.69) is 25.1 Å². The number of hydrogen-bond acceptors (Lipinski definition) is 7. The van der Waals surface area contributed by atoms with Crippen LogP contribution in [0.15, 0.2) is 73.1 Å². The van der Waals surface area contributed by atoms with Gasteiger partial charge in [0.25, 0.3) is 5.91 Å². The molecule has 1 N–H and O–H groups in total. The van der Waals surface area contributed by atoms with Gasteiger partial charge in [-0.25, -0.2) is 15.0 Å². The molecule has 9 heteroatoms. The Morgan fingerprint density at radius 2 is 1.67 bits per heavy atom. The molecule has 7 nitrogen and oxygen atoms in total. The largest absolute Gasteiger partial charge is 0.348 e. The minimum Gasteiger partial charge on any atom is -0.348 e. The highest BCUT2D eigenvalue weighted by atomic mass is 35.5. The van der Waals surface area contributed by atoms with Crippen molar-refractivity contribution in [2.45, 2.75) is 13.0 Å². The van der Waals surface area contributed by atoms with Gasteiger partial charge in [-0.3, -0.25) is 9.69 Å². The Kier molecular flexibility index (Phi) is 7.55. The zero-order valence-electron chi connectivity index (χ0n) is 20.0. The summed E-state index contributed by atoms with van der Waals surface area (Å²) in [6.45, 7) is 6.34. The molecule has 1 aliphatic heterocycles. The molecule has 0 radical (unpaired) electrons. The molecule has 1 fully saturated rings. The average molecular weight is 519 g/mol. The predicted octanol–water partition coefficient (Wildman–Crippen LogP) is 4.86. The van der Waals surface area contributed by atoms with E-state index in [-0.39, 0.29) is 11.9 Å². The molecule has 2 aromatic heterocycles. The van der Waals surface area contributed by atoms with Gasteiger partial charge in [0, 0.05) is 67.3 Å². The van der Waals surface area contributed by atoms with E-state index in [1.807, 2.05) is 67.6 Å². The Bertz CT molecular complexity index is 1290. The molecule has 0 aliphatic carbocycles. The highest BCUT2D eigenvalue weighted by molar-refractivity contribution is 7.17. The third-order valence-electron chi connectivity index (χ3n) is 6.09. The van der Waals surface area contributed by atoms with Gasteiger partial charge in [0.1, 0.15) is 9.88 Å². The first kappa shape index (κ1) is 24.4. The lowest BCUT2D eigenvalue weighted by Gasteiger charge is -2.35. The number of piperazine rings is 1. The SMILES string of the molecule is CC(CN1CCN(c2ncccn2)CC1)NC(=O)c1sc(-c2ccccc2)nc1-c1ccc(Cl)cc1. The van der Waals surface area contributed by atoms with Crippen LogP contribution in [-0.2, 0) is 0 Å². The second kappa shape index (κ2) is 11.2. The molecule has 0 bridgehead atoms. The number of aromatic nitrogens is 3. The Morgan fingerprint density at radius 1 is 0.972 bits per heavy atom. The molecular formula is C27H27ClN6OS. The highest BCUT2D eigenvalue weighted by Gasteiger charge is 2.24. The maximum Gasteiger partial charge on any atom is 0.263 e. The van der Waals surface area contributed by atoms with Crippen molar-refractivity contribution in [1.82, 2.24) is 25.2 Å². The summed E-state index contributed by atoms with van der Waals surface area (Å²) in [5.74, 6) is 0.663. The third kappa shape index (κ3) is 5.73. The number of amides is 1. The fourth-order valence-electron chi connectivity index (χ4n) is 4.29. The quantitative estimate of drug-likeness (QED) is 0.376. The van der Waals surface area contributed by atoms with Gasteiger partial charge in [-0.1, -0.05) is 54.1 Å². The molecule has 1 aliphatic rings. The summed E-state index contributed by atoms with van der Waals surface area (Å²) >= 11 is 7.51. The Labute approximate surface area is 219 Å². The first-order valence-corrected chi connectivity index (χ1v) is 13.1. The van der Waals surface area contributed by atoms with Crippen molar-refractivity contribution in [3.8, 4) is 21.8 Å². The summed E-state index contributed by atoms with van der Waals surface area (Å²) in [6.07, 6.45) is 3.54. The Hall–Kier alpha value is -3.33. The summed E-state index contributed by atoms with van der Waals surface area (Å²) < 4.78 is 0. The van der Waals surface area contributed by atoms with E-state index < -0.39 is 0 Å². The third-order valence-corrected chi connectivity index (χ3v) is 7.44. The van der Waals surface area contributed by atoms with Gasteiger partial charge in [-0.15, -0.1) is 11.3 Å². The zero-order valence-corrected chi connectivity index (χ0v) is 21.5. The maximum atomic E-state index is 13.4. The van der Waals surface area contributed by atoms with Gasteiger partial charge in [-0.05, 0) is 25.1 Å². The molecule has 2 aromatic carbocycles. The first-order valence-electron chi connectivity index (χ1n) is 11.9. The van der Waals surface area contributed by atoms with Gasteiger partial charge < -0.3 is 10.2 Å². The second-order valence-electron chi connectivity index (χ2n) is 8.78. The summed E-state index contributed by atoms with van der Waals surface area (Å²) in [6, 6.07) is 19.2. The minimum absolute atomic E-state index is 0.0163. The Balaban J connectivity index is 1.27. The van der Waals surface area contributed by atoms with E-state index in [0.29, 0.717) is 15.6 Å². The number of thiazole rings is 1. The molecule has 5 rings (SSSR count). The first-order chi connectivity index (χ1) is 17.6. The maximum absolute atomic E-state index is 13.4. The number of nitrogens with zero attached hydrogens (tertiary/aromatic N) is 5. The van der Waals surface area contributed by atoms with Crippen LogP contribution in [-0.4, -0.2) is 64.5 Å². The normalized spacial score (nSPS) is 15.0. The number of hydrogen-bond donors (Lipinski definition) is 1. The number of rotatable bonds is 7. The highest BCUT2D eigenvalue weighted by Crippen LogP contribution is 2.34. The zero-order chi connectivity index (χ0) is 24.9. The minimum atomic E-state index is -0.108. The van der Waals surface area contributed by atoms with Gasteiger partial charge in [0.05, 0.1) is 5.69 Å². The fraction of sp³-hybridized carbons (Fsp3) is 0.259. The van der Waals surface area contributed by atoms with Crippen LogP contribution in [0.2, 0.25) is 5.02 Å². The summed E-state index contributed by atoms with van der Waals surface area (Å²) in [7, 11) is 0. The van der Waals surface area contributed by atoms with Crippen molar-refractivity contribution >= 4 is 34.8 Å². The Morgan fingerprint density at radius 3 is 2.36 bits per heavy atom. The van der Waals surface area contributed by atoms with Crippen LogP contribution < -0.4 is 10.2 Å². The van der Waals surface area contributed by atoms with Crippen LogP contribution >= 0.6 is 22.9 Å². The van der Waals surface area contributed by atoms with Crippen LogP contribution in [0.5, 0.6) is 0 Å². The number of halogens is 1. The topological polar surface area (TPSA) is 74.2 Å². The van der Waals surface area contributed by atoms with Crippen molar-refractivity contribution in [3.63, 3.8) is 0 Å². The van der Waals surface area contributed by atoms with E-state index in [1.165, 1.54) is 11.3 Å². The van der Waals surface area contributed by atoms with Gasteiger partial charge in [-0.2, -0.15) is 0 Å². The van der Waals surface area contributed by atoms with Crippen LogP contribution in [0.1, 0.15) is 16.6 Å². The van der Waals surface area contributed by atoms with Crippen molar-refractivity contribution in [2.24, 2.45) is 0 Å². The lowest BCUT2D eigenvalue weighted by molar-refractivity contribution is 0.0932. The number of nitrogens with one attached hydrogen (secondary N) is 1. The van der Waals surface area contributed by atoms with E-state index in [9.17, 15) is 4.79 Å². The van der Waals surface area contributed by atoms with E-state index in [0.717, 1.165) is 54.8 Å². The molecule has 0 spiro atoms. The van der Waals surface area contributed by atoms with E-state index in [4.69, 9.17) is 16.6 Å². The molecule has 36 heavy (non-hydrogen) atoms. The monoisotopic (exact) mass is 518 g/mol. The molecule has 1 saturated heterocycles. The fourth-order valence-corrected chi connectivity index (χ4v) is 5.41. The van der Waals surface area contributed by atoms with Crippen molar-refractivity contribution < 1.29 is 4.79 Å². The van der Waals surface area contributed by atoms with E-state index >= 15 is 0 Å². The molecule has 1 amide bonds. The molecule has 4 aromatic rings. The van der Waals surface area contributed by atoms with Crippen molar-refractivity contribution in [1.29, 1.82) is 0 Å². The standard InChI is InChI=1S/C27H27ClN6OS/c1-19(18-33-14-16-34(17-15-33)27-29-12-5-13-30-27)31-25(35)24-23(20-8-10-22(28)11-9-20)32-26(36-24)21-6-3-2-4-7-21/h2-13,19H,14-18H2,1H3,(H,31,35). The molecule has 3 heterocycles. The van der Waals surface area contributed by atoms with Crippen molar-refractivity contribution in [2.75, 3.05) is 37.6 Å². The summed E-state index contributed by atoms with van der Waals surface area (Å²) in [4.78, 5) is 32.1. The average Bonchev–Trinajstić information content (AvgIpc) is 3.36. The van der Waals surface area contributed by atoms with Crippen LogP contribution in [0.3, 0.4) is 0 Å². The lowest BCUT2D eigenvalue weighted by Crippen LogP contribution is -2.51. The van der Waals surface area contributed by atoms with Gasteiger partial charge in [0.2, 0.25) is 5.95 Å². The summed E-state index contributed by atoms with van der Waals surface area (Å²) in [5.41, 5.74) is 2.54. The smallest absolute Gasteiger partial charge is 0.263 e. The van der Waals surface area contributed by atoms with E-state index in [1.54, 1.807) is 12.4 Å². The van der Waals surface area contributed by atoms with Crippen LogP contribution in [0.4, 0.5) is 5.95 Å². The molecule has 1 atom stereocenters. The molecular weight excluding hydrogens is 492 g/mol.